The van der Waals surface area contributed by atoms with Crippen LogP contribution in [0.4, 0.5) is 9.59 Å². The Hall–Kier alpha value is -5.10. The average Bonchev–Trinajstić information content (AvgIpc) is 3.70. The quantitative estimate of drug-likeness (QED) is 0.0916. The molecule has 12 nitrogen and oxygen atoms in total. The van der Waals surface area contributed by atoms with Crippen LogP contribution in [0.2, 0.25) is 0 Å². The van der Waals surface area contributed by atoms with Gasteiger partial charge in [0, 0.05) is 30.3 Å². The van der Waals surface area contributed by atoms with Crippen LogP contribution in [0.1, 0.15) is 102 Å². The first kappa shape index (κ1) is 42.6. The number of ketones is 2. The molecule has 2 heterocycles. The van der Waals surface area contributed by atoms with Crippen molar-refractivity contribution in [1.29, 1.82) is 0 Å². The van der Waals surface area contributed by atoms with E-state index in [9.17, 15) is 28.8 Å². The van der Waals surface area contributed by atoms with Gasteiger partial charge in [0.25, 0.3) is 0 Å². The summed E-state index contributed by atoms with van der Waals surface area (Å²) in [5.74, 6) is -1.01. The van der Waals surface area contributed by atoms with Gasteiger partial charge < -0.3 is 23.7 Å². The summed E-state index contributed by atoms with van der Waals surface area (Å²) in [6.45, 7) is 14.2. The summed E-state index contributed by atoms with van der Waals surface area (Å²) in [7, 11) is 1.49. The van der Waals surface area contributed by atoms with Crippen LogP contribution in [0.15, 0.2) is 60.7 Å². The fourth-order valence-electron chi connectivity index (χ4n) is 6.60. The number of rotatable bonds is 9. The molecule has 2 amide bonds. The van der Waals surface area contributed by atoms with Gasteiger partial charge in [-0.05, 0) is 115 Å². The van der Waals surface area contributed by atoms with Crippen LogP contribution in [-0.4, -0.2) is 102 Å². The normalized spacial score (nSPS) is 19.7. The zero-order chi connectivity index (χ0) is 40.7. The molecule has 12 heteroatoms. The van der Waals surface area contributed by atoms with Crippen molar-refractivity contribution in [2.45, 2.75) is 116 Å². The molecule has 0 bridgehead atoms. The first-order valence-electron chi connectivity index (χ1n) is 18.7. The smallest absolute Gasteiger partial charge is 0.411 e. The lowest BCUT2D eigenvalue weighted by molar-refractivity contribution is -0.148. The third-order valence-electron chi connectivity index (χ3n) is 9.34. The van der Waals surface area contributed by atoms with Gasteiger partial charge in [0.05, 0.1) is 6.04 Å². The van der Waals surface area contributed by atoms with Crippen molar-refractivity contribution in [3.05, 3.63) is 71.8 Å². The third-order valence-corrected chi connectivity index (χ3v) is 9.34. The van der Waals surface area contributed by atoms with Crippen LogP contribution >= 0.6 is 0 Å². The van der Waals surface area contributed by atoms with Crippen LogP contribution in [0.5, 0.6) is 0 Å². The molecule has 4 atom stereocenters. The maximum Gasteiger partial charge on any atom is 0.411 e. The number of benzene rings is 3. The Morgan fingerprint density at radius 1 is 0.655 bits per heavy atom. The molecule has 3 aromatic carbocycles. The van der Waals surface area contributed by atoms with Crippen LogP contribution < -0.4 is 0 Å². The van der Waals surface area contributed by atoms with E-state index in [0.29, 0.717) is 24.0 Å². The van der Waals surface area contributed by atoms with Crippen molar-refractivity contribution < 1.29 is 47.7 Å². The minimum Gasteiger partial charge on any atom is -0.456 e. The van der Waals surface area contributed by atoms with E-state index in [-0.39, 0.29) is 42.4 Å². The molecule has 0 aromatic heterocycles. The molecule has 0 N–H and O–H groups in total. The Balaban J connectivity index is 0.000000376. The number of hydrogen-bond donors (Lipinski definition) is 0. The highest BCUT2D eigenvalue weighted by atomic mass is 16.6. The maximum absolute atomic E-state index is 12.9. The van der Waals surface area contributed by atoms with Crippen LogP contribution in [-0.2, 0) is 28.5 Å². The fourth-order valence-corrected chi connectivity index (χ4v) is 6.60. The van der Waals surface area contributed by atoms with Crippen molar-refractivity contribution in [3.63, 3.8) is 0 Å². The molecule has 2 saturated heterocycles. The van der Waals surface area contributed by atoms with Gasteiger partial charge in [0.2, 0.25) is 0 Å². The SMILES string of the molecule is COCC(=O)c1ccc(-c2ccc3cc(C(=O)COC(=O)[C@@H]4CC[C@H](C)N4C(=O)OC(C)(C)C)ccc3c2)cc1.C[C@H]1CC[C@@H](C=O)N1C(=O)OC(C)(C)C. The lowest BCUT2D eigenvalue weighted by Gasteiger charge is -2.30. The van der Waals surface area contributed by atoms with Gasteiger partial charge in [-0.15, -0.1) is 0 Å². The Morgan fingerprint density at radius 2 is 1.16 bits per heavy atom. The summed E-state index contributed by atoms with van der Waals surface area (Å²) in [6, 6.07) is 17.4. The van der Waals surface area contributed by atoms with Gasteiger partial charge in [-0.2, -0.15) is 0 Å². The predicted octanol–water partition coefficient (Wildman–Crippen LogP) is 7.82. The number of ether oxygens (including phenoxy) is 4. The highest BCUT2D eigenvalue weighted by Crippen LogP contribution is 2.29. The van der Waals surface area contributed by atoms with Gasteiger partial charge in [0.15, 0.2) is 18.2 Å². The Morgan fingerprint density at radius 3 is 1.76 bits per heavy atom. The molecule has 2 aliphatic heterocycles. The fraction of sp³-hybridized carbons (Fsp3) is 0.488. The molecule has 296 valence electrons. The number of nitrogens with zero attached hydrogens (tertiary/aromatic N) is 2. The number of aldehydes is 1. The number of esters is 1. The predicted molar refractivity (Wildman–Crippen MR) is 208 cm³/mol. The zero-order valence-corrected chi connectivity index (χ0v) is 33.4. The first-order valence-corrected chi connectivity index (χ1v) is 18.7. The molecular weight excluding hydrogens is 704 g/mol. The van der Waals surface area contributed by atoms with E-state index >= 15 is 0 Å². The Kier molecular flexibility index (Phi) is 14.0. The average molecular weight is 759 g/mol. The molecule has 55 heavy (non-hydrogen) atoms. The first-order chi connectivity index (χ1) is 25.8. The summed E-state index contributed by atoms with van der Waals surface area (Å²) in [6.07, 6.45) is 2.59. The van der Waals surface area contributed by atoms with E-state index in [1.54, 1.807) is 45.0 Å². The molecule has 2 aliphatic rings. The number of fused-ring (bicyclic) bond motifs is 1. The topological polar surface area (TPSA) is 146 Å². The van der Waals surface area contributed by atoms with Crippen molar-refractivity contribution in [3.8, 4) is 11.1 Å². The van der Waals surface area contributed by atoms with Crippen LogP contribution in [0.3, 0.4) is 0 Å². The van der Waals surface area contributed by atoms with Gasteiger partial charge in [0.1, 0.15) is 30.1 Å². The molecule has 3 aromatic rings. The molecule has 0 saturated carbocycles. The lowest BCUT2D eigenvalue weighted by atomic mass is 9.98. The van der Waals surface area contributed by atoms with E-state index in [1.807, 2.05) is 71.0 Å². The maximum atomic E-state index is 12.9. The minimum atomic E-state index is -0.778. The van der Waals surface area contributed by atoms with Crippen molar-refractivity contribution in [2.24, 2.45) is 0 Å². The van der Waals surface area contributed by atoms with E-state index in [2.05, 4.69) is 0 Å². The molecular formula is C43H54N2O10. The largest absolute Gasteiger partial charge is 0.456 e. The van der Waals surface area contributed by atoms with Gasteiger partial charge in [-0.3, -0.25) is 19.4 Å². The number of hydrogen-bond acceptors (Lipinski definition) is 10. The van der Waals surface area contributed by atoms with Crippen LogP contribution in [0.25, 0.3) is 21.9 Å². The second kappa shape index (κ2) is 18.0. The Labute approximate surface area is 323 Å². The molecule has 0 spiro atoms. The molecule has 0 radical (unpaired) electrons. The number of amides is 2. The number of Topliss-reactive ketones (excluding diaryl/α,β-unsaturated/α-hetero) is 2. The standard InChI is InChI=1S/C32H35NO7.C11H19NO3/c1-20-6-15-27(33(20)31(37)40-32(2,3)4)30(36)39-19-29(35)26-14-13-24-16-23(11-12-25(24)17-26)21-7-9-22(10-8-21)28(34)18-38-5;1-8-5-6-9(7-13)12(8)10(14)15-11(2,3)4/h7-14,16-17,20,27H,6,15,18-19H2,1-5H3;7-9H,5-6H2,1-4H3/t20-,27-;8-,9-/m00/s1. The van der Waals surface area contributed by atoms with Gasteiger partial charge in [-0.1, -0.05) is 48.5 Å². The third kappa shape index (κ3) is 11.5. The van der Waals surface area contributed by atoms with Crippen LogP contribution in [0, 0.1) is 0 Å². The Bertz CT molecular complexity index is 1870. The molecule has 0 aliphatic carbocycles. The minimum absolute atomic E-state index is 0.0416. The highest BCUT2D eigenvalue weighted by Gasteiger charge is 2.42. The number of likely N-dealkylation sites (tertiary alicyclic amines) is 2. The number of carbonyl (C=O) groups excluding carboxylic acids is 6. The molecule has 0 unspecified atom stereocenters. The van der Waals surface area contributed by atoms with Gasteiger partial charge >= 0.3 is 18.2 Å². The monoisotopic (exact) mass is 758 g/mol. The summed E-state index contributed by atoms with van der Waals surface area (Å²) in [5, 5.41) is 1.81. The second-order valence-electron chi connectivity index (χ2n) is 16.1. The number of methoxy groups -OCH3 is 1. The summed E-state index contributed by atoms with van der Waals surface area (Å²) in [5.41, 5.74) is 1.77. The van der Waals surface area contributed by atoms with Crippen molar-refractivity contribution in [2.75, 3.05) is 20.3 Å². The van der Waals surface area contributed by atoms with E-state index in [4.69, 9.17) is 18.9 Å². The number of carbonyl (C=O) groups is 6. The van der Waals surface area contributed by atoms with Crippen molar-refractivity contribution >= 4 is 46.8 Å². The molecule has 2 fully saturated rings. The van der Waals surface area contributed by atoms with Crippen molar-refractivity contribution in [1.82, 2.24) is 9.80 Å². The van der Waals surface area contributed by atoms with E-state index < -0.39 is 35.9 Å². The second-order valence-corrected chi connectivity index (χ2v) is 16.1. The van der Waals surface area contributed by atoms with Gasteiger partial charge in [-0.25, -0.2) is 14.4 Å². The summed E-state index contributed by atoms with van der Waals surface area (Å²) < 4.78 is 21.0. The highest BCUT2D eigenvalue weighted by molar-refractivity contribution is 6.02. The lowest BCUT2D eigenvalue weighted by Crippen LogP contribution is -2.47. The van der Waals surface area contributed by atoms with E-state index in [0.717, 1.165) is 41.0 Å². The summed E-state index contributed by atoms with van der Waals surface area (Å²) in [4.78, 5) is 75.9. The zero-order valence-electron chi connectivity index (χ0n) is 33.4. The van der Waals surface area contributed by atoms with E-state index in [1.165, 1.54) is 16.9 Å². The summed E-state index contributed by atoms with van der Waals surface area (Å²) >= 11 is 0. The molecule has 5 rings (SSSR count).